The van der Waals surface area contributed by atoms with E-state index in [9.17, 15) is 18.0 Å². The van der Waals surface area contributed by atoms with Crippen LogP contribution in [-0.2, 0) is 12.7 Å². The summed E-state index contributed by atoms with van der Waals surface area (Å²) in [5.74, 6) is -0.344. The standard InChI is InChI=1S/C16H13ClF3NO/c1-21(10-11-2-8-14(17)9-3-11)15(22)12-4-6-13(7-5-12)16(18,19)20/h2-9H,10H2,1H3. The SMILES string of the molecule is CN(Cc1ccc(Cl)cc1)C(=O)c1ccc(C(F)(F)F)cc1. The van der Waals surface area contributed by atoms with E-state index in [1.165, 1.54) is 17.0 Å². The molecule has 0 aromatic heterocycles. The summed E-state index contributed by atoms with van der Waals surface area (Å²) in [4.78, 5) is 13.6. The third-order valence-electron chi connectivity index (χ3n) is 3.14. The number of hydrogen-bond acceptors (Lipinski definition) is 1. The number of carbonyl (C=O) groups is 1. The largest absolute Gasteiger partial charge is 0.416 e. The average molecular weight is 328 g/mol. The Balaban J connectivity index is 2.08. The fourth-order valence-electron chi connectivity index (χ4n) is 1.96. The average Bonchev–Trinajstić information content (AvgIpc) is 2.48. The molecule has 2 aromatic carbocycles. The fourth-order valence-corrected chi connectivity index (χ4v) is 2.08. The number of amides is 1. The van der Waals surface area contributed by atoms with E-state index in [2.05, 4.69) is 0 Å². The minimum atomic E-state index is -4.41. The van der Waals surface area contributed by atoms with Gasteiger partial charge in [-0.1, -0.05) is 23.7 Å². The molecule has 116 valence electrons. The monoisotopic (exact) mass is 327 g/mol. The topological polar surface area (TPSA) is 20.3 Å². The summed E-state index contributed by atoms with van der Waals surface area (Å²) < 4.78 is 37.5. The van der Waals surface area contributed by atoms with Gasteiger partial charge in [0.1, 0.15) is 0 Å². The van der Waals surface area contributed by atoms with Crippen molar-refractivity contribution in [3.63, 3.8) is 0 Å². The van der Waals surface area contributed by atoms with Crippen LogP contribution in [-0.4, -0.2) is 17.9 Å². The van der Waals surface area contributed by atoms with Crippen LogP contribution in [0.25, 0.3) is 0 Å². The predicted molar refractivity (Wildman–Crippen MR) is 78.7 cm³/mol. The molecule has 0 spiro atoms. The summed E-state index contributed by atoms with van der Waals surface area (Å²) in [6, 6.07) is 11.2. The van der Waals surface area contributed by atoms with Crippen LogP contribution < -0.4 is 0 Å². The minimum absolute atomic E-state index is 0.212. The van der Waals surface area contributed by atoms with Crippen LogP contribution in [0.3, 0.4) is 0 Å². The maximum Gasteiger partial charge on any atom is 0.416 e. The predicted octanol–water partition coefficient (Wildman–Crippen LogP) is 4.63. The molecule has 0 aliphatic carbocycles. The normalized spacial score (nSPS) is 11.3. The van der Waals surface area contributed by atoms with E-state index in [-0.39, 0.29) is 11.5 Å². The third-order valence-corrected chi connectivity index (χ3v) is 3.39. The Labute approximate surface area is 131 Å². The first-order chi connectivity index (χ1) is 10.3. The zero-order valence-electron chi connectivity index (χ0n) is 11.7. The van der Waals surface area contributed by atoms with Gasteiger partial charge in [0.15, 0.2) is 0 Å². The van der Waals surface area contributed by atoms with Gasteiger partial charge in [-0.15, -0.1) is 0 Å². The van der Waals surface area contributed by atoms with Crippen molar-refractivity contribution >= 4 is 17.5 Å². The van der Waals surface area contributed by atoms with Crippen LogP contribution in [0.15, 0.2) is 48.5 Å². The molecule has 0 heterocycles. The lowest BCUT2D eigenvalue weighted by atomic mass is 10.1. The second-order valence-corrected chi connectivity index (χ2v) is 5.30. The summed E-state index contributed by atoms with van der Waals surface area (Å²) in [6.45, 7) is 0.344. The maximum absolute atomic E-state index is 12.5. The molecule has 0 radical (unpaired) electrons. The quantitative estimate of drug-likeness (QED) is 0.804. The van der Waals surface area contributed by atoms with Crippen molar-refractivity contribution in [3.05, 3.63) is 70.2 Å². The highest BCUT2D eigenvalue weighted by atomic mass is 35.5. The Morgan fingerprint density at radius 1 is 1.05 bits per heavy atom. The molecule has 2 aromatic rings. The van der Waals surface area contributed by atoms with Crippen molar-refractivity contribution < 1.29 is 18.0 Å². The van der Waals surface area contributed by atoms with Gasteiger partial charge in [-0.3, -0.25) is 4.79 Å². The van der Waals surface area contributed by atoms with Crippen molar-refractivity contribution in [1.29, 1.82) is 0 Å². The summed E-state index contributed by atoms with van der Waals surface area (Å²) in [5.41, 5.74) is 0.320. The maximum atomic E-state index is 12.5. The molecule has 0 saturated carbocycles. The van der Waals surface area contributed by atoms with Crippen LogP contribution in [0.4, 0.5) is 13.2 Å². The van der Waals surface area contributed by atoms with Gasteiger partial charge in [0.25, 0.3) is 5.91 Å². The summed E-state index contributed by atoms with van der Waals surface area (Å²) in [7, 11) is 1.59. The van der Waals surface area contributed by atoms with E-state index < -0.39 is 11.7 Å². The van der Waals surface area contributed by atoms with E-state index in [4.69, 9.17) is 11.6 Å². The molecule has 1 amide bonds. The van der Waals surface area contributed by atoms with Crippen molar-refractivity contribution in [1.82, 2.24) is 4.90 Å². The highest BCUT2D eigenvalue weighted by Crippen LogP contribution is 2.29. The number of halogens is 4. The molecule has 0 bridgehead atoms. The van der Waals surface area contributed by atoms with Gasteiger partial charge in [-0.05, 0) is 42.0 Å². The molecule has 6 heteroatoms. The first-order valence-corrected chi connectivity index (χ1v) is 6.82. The van der Waals surface area contributed by atoms with Crippen molar-refractivity contribution in [2.24, 2.45) is 0 Å². The van der Waals surface area contributed by atoms with Gasteiger partial charge in [0.05, 0.1) is 5.56 Å². The molecule has 0 fully saturated rings. The van der Waals surface area contributed by atoms with Crippen molar-refractivity contribution in [2.75, 3.05) is 7.05 Å². The zero-order valence-corrected chi connectivity index (χ0v) is 12.4. The Morgan fingerprint density at radius 3 is 2.09 bits per heavy atom. The molecule has 0 N–H and O–H groups in total. The minimum Gasteiger partial charge on any atom is -0.337 e. The summed E-state index contributed by atoms with van der Waals surface area (Å²) >= 11 is 5.79. The molecule has 2 rings (SSSR count). The van der Waals surface area contributed by atoms with Crippen molar-refractivity contribution in [2.45, 2.75) is 12.7 Å². The Bertz CT molecular complexity index is 651. The number of benzene rings is 2. The van der Waals surface area contributed by atoms with Crippen molar-refractivity contribution in [3.8, 4) is 0 Å². The molecule has 0 aliphatic rings. The Hall–Kier alpha value is -2.01. The lowest BCUT2D eigenvalue weighted by Crippen LogP contribution is -2.26. The lowest BCUT2D eigenvalue weighted by molar-refractivity contribution is -0.137. The van der Waals surface area contributed by atoms with Gasteiger partial charge in [-0.2, -0.15) is 13.2 Å². The van der Waals surface area contributed by atoms with Gasteiger partial charge in [0, 0.05) is 24.2 Å². The molecule has 0 saturated heterocycles. The number of alkyl halides is 3. The summed E-state index contributed by atoms with van der Waals surface area (Å²) in [6.07, 6.45) is -4.41. The second-order valence-electron chi connectivity index (χ2n) is 4.86. The van der Waals surface area contributed by atoms with Gasteiger partial charge >= 0.3 is 6.18 Å². The van der Waals surface area contributed by atoms with Gasteiger partial charge in [0.2, 0.25) is 0 Å². The first-order valence-electron chi connectivity index (χ1n) is 6.44. The molecular formula is C16H13ClF3NO. The Morgan fingerprint density at radius 2 is 1.59 bits per heavy atom. The highest BCUT2D eigenvalue weighted by molar-refractivity contribution is 6.30. The van der Waals surface area contributed by atoms with E-state index in [1.54, 1.807) is 31.3 Å². The first kappa shape index (κ1) is 16.4. The number of hydrogen-bond donors (Lipinski definition) is 0. The highest BCUT2D eigenvalue weighted by Gasteiger charge is 2.30. The van der Waals surface area contributed by atoms with Gasteiger partial charge < -0.3 is 4.90 Å². The van der Waals surface area contributed by atoms with E-state index in [1.807, 2.05) is 0 Å². The third kappa shape index (κ3) is 4.01. The van der Waals surface area contributed by atoms with Crippen LogP contribution in [0.1, 0.15) is 21.5 Å². The van der Waals surface area contributed by atoms with E-state index >= 15 is 0 Å². The van der Waals surface area contributed by atoms with E-state index in [0.717, 1.165) is 17.7 Å². The molecule has 0 unspecified atom stereocenters. The van der Waals surface area contributed by atoms with E-state index in [0.29, 0.717) is 11.6 Å². The molecule has 0 atom stereocenters. The molecule has 22 heavy (non-hydrogen) atoms. The molecule has 2 nitrogen and oxygen atoms in total. The van der Waals surface area contributed by atoms with Crippen LogP contribution in [0.5, 0.6) is 0 Å². The number of carbonyl (C=O) groups excluding carboxylic acids is 1. The molecule has 0 aliphatic heterocycles. The number of rotatable bonds is 3. The van der Waals surface area contributed by atoms with Crippen LogP contribution in [0, 0.1) is 0 Å². The Kier molecular flexibility index (Phi) is 4.76. The lowest BCUT2D eigenvalue weighted by Gasteiger charge is -2.18. The fraction of sp³-hybridized carbons (Fsp3) is 0.188. The number of nitrogens with zero attached hydrogens (tertiary/aromatic N) is 1. The summed E-state index contributed by atoms with van der Waals surface area (Å²) in [5, 5.41) is 0.598. The van der Waals surface area contributed by atoms with Gasteiger partial charge in [-0.25, -0.2) is 0 Å². The molecular weight excluding hydrogens is 315 g/mol. The van der Waals surface area contributed by atoms with Crippen LogP contribution >= 0.6 is 11.6 Å². The van der Waals surface area contributed by atoms with Crippen LogP contribution in [0.2, 0.25) is 5.02 Å². The smallest absolute Gasteiger partial charge is 0.337 e. The second kappa shape index (κ2) is 6.40. The zero-order chi connectivity index (χ0) is 16.3.